The average Bonchev–Trinajstić information content (AvgIpc) is 2.43. The molecule has 1 aromatic rings. The Hall–Kier alpha value is -1.27. The summed E-state index contributed by atoms with van der Waals surface area (Å²) in [6.07, 6.45) is -4.17. The van der Waals surface area contributed by atoms with Crippen molar-refractivity contribution in [3.8, 4) is 5.75 Å². The van der Waals surface area contributed by atoms with Crippen LogP contribution in [0.3, 0.4) is 0 Å². The van der Waals surface area contributed by atoms with Gasteiger partial charge in [0, 0.05) is 18.7 Å². The number of hydrogen-bond donors (Lipinski definition) is 1. The van der Waals surface area contributed by atoms with Crippen molar-refractivity contribution in [2.75, 3.05) is 32.8 Å². The van der Waals surface area contributed by atoms with Crippen LogP contribution in [0.5, 0.6) is 5.75 Å². The number of rotatable bonds is 9. The Morgan fingerprint density at radius 3 is 2.52 bits per heavy atom. The van der Waals surface area contributed by atoms with Gasteiger partial charge >= 0.3 is 6.18 Å². The largest absolute Gasteiger partial charge is 0.492 e. The molecule has 0 unspecified atom stereocenters. The standard InChI is InChI=1S/C15H23F3N2O/c1-3-19-11-13-7-5-6-8-14(13)21-10-9-20(4-2)12-15(16,17)18/h5-8,19H,3-4,9-12H2,1-2H3. The third-order valence-electron chi connectivity index (χ3n) is 3.05. The van der Waals surface area contributed by atoms with Crippen LogP contribution in [0.2, 0.25) is 0 Å². The molecule has 120 valence electrons. The third kappa shape index (κ3) is 7.34. The van der Waals surface area contributed by atoms with Crippen LogP contribution < -0.4 is 10.1 Å². The van der Waals surface area contributed by atoms with Crippen molar-refractivity contribution in [2.45, 2.75) is 26.6 Å². The minimum Gasteiger partial charge on any atom is -0.492 e. The highest BCUT2D eigenvalue weighted by molar-refractivity contribution is 5.33. The van der Waals surface area contributed by atoms with Crippen molar-refractivity contribution in [3.63, 3.8) is 0 Å². The van der Waals surface area contributed by atoms with E-state index in [-0.39, 0.29) is 13.2 Å². The maximum Gasteiger partial charge on any atom is 0.401 e. The minimum absolute atomic E-state index is 0.243. The van der Waals surface area contributed by atoms with E-state index in [9.17, 15) is 13.2 Å². The number of likely N-dealkylation sites (N-methyl/N-ethyl adjacent to an activating group) is 1. The number of para-hydroxylation sites is 1. The van der Waals surface area contributed by atoms with E-state index >= 15 is 0 Å². The van der Waals surface area contributed by atoms with Crippen LogP contribution in [-0.4, -0.2) is 43.9 Å². The van der Waals surface area contributed by atoms with Crippen molar-refractivity contribution in [1.82, 2.24) is 10.2 Å². The molecule has 0 aliphatic rings. The Bertz CT molecular complexity index is 410. The first-order valence-electron chi connectivity index (χ1n) is 7.16. The number of ether oxygens (including phenoxy) is 1. The van der Waals surface area contributed by atoms with Gasteiger partial charge in [0.05, 0.1) is 6.54 Å². The van der Waals surface area contributed by atoms with Crippen LogP contribution >= 0.6 is 0 Å². The maximum atomic E-state index is 12.4. The van der Waals surface area contributed by atoms with Gasteiger partial charge < -0.3 is 10.1 Å². The summed E-state index contributed by atoms with van der Waals surface area (Å²) in [6.45, 7) is 5.22. The summed E-state index contributed by atoms with van der Waals surface area (Å²) in [5.74, 6) is 0.724. The van der Waals surface area contributed by atoms with Crippen LogP contribution in [0.15, 0.2) is 24.3 Å². The van der Waals surface area contributed by atoms with Gasteiger partial charge in [0.2, 0.25) is 0 Å². The minimum atomic E-state index is -4.17. The number of hydrogen-bond acceptors (Lipinski definition) is 3. The predicted octanol–water partition coefficient (Wildman–Crippen LogP) is 3.06. The number of nitrogens with zero attached hydrogens (tertiary/aromatic N) is 1. The second-order valence-corrected chi connectivity index (χ2v) is 4.72. The molecule has 1 aromatic carbocycles. The Labute approximate surface area is 124 Å². The summed E-state index contributed by atoms with van der Waals surface area (Å²) in [7, 11) is 0. The number of halogens is 3. The molecule has 6 heteroatoms. The monoisotopic (exact) mass is 304 g/mol. The third-order valence-corrected chi connectivity index (χ3v) is 3.05. The molecule has 0 bridgehead atoms. The summed E-state index contributed by atoms with van der Waals surface area (Å²) < 4.78 is 42.7. The van der Waals surface area contributed by atoms with Crippen LogP contribution in [0.1, 0.15) is 19.4 Å². The Kier molecular flexibility index (Phi) is 7.53. The van der Waals surface area contributed by atoms with Gasteiger partial charge in [0.25, 0.3) is 0 Å². The molecule has 0 fully saturated rings. The molecular formula is C15H23F3N2O. The molecule has 1 N–H and O–H groups in total. The van der Waals surface area contributed by atoms with Gasteiger partial charge in [-0.1, -0.05) is 32.0 Å². The van der Waals surface area contributed by atoms with E-state index in [0.29, 0.717) is 13.1 Å². The molecule has 0 amide bonds. The summed E-state index contributed by atoms with van der Waals surface area (Å²) in [5.41, 5.74) is 1.01. The maximum absolute atomic E-state index is 12.4. The Morgan fingerprint density at radius 1 is 1.19 bits per heavy atom. The van der Waals surface area contributed by atoms with E-state index in [4.69, 9.17) is 4.74 Å². The molecular weight excluding hydrogens is 281 g/mol. The predicted molar refractivity (Wildman–Crippen MR) is 77.5 cm³/mol. The average molecular weight is 304 g/mol. The molecule has 0 saturated heterocycles. The topological polar surface area (TPSA) is 24.5 Å². The van der Waals surface area contributed by atoms with Gasteiger partial charge in [0.15, 0.2) is 0 Å². The lowest BCUT2D eigenvalue weighted by Crippen LogP contribution is -2.36. The molecule has 0 saturated carbocycles. The second-order valence-electron chi connectivity index (χ2n) is 4.72. The van der Waals surface area contributed by atoms with Crippen molar-refractivity contribution < 1.29 is 17.9 Å². The molecule has 0 aliphatic carbocycles. The molecule has 0 spiro atoms. The number of alkyl halides is 3. The van der Waals surface area contributed by atoms with Crippen molar-refractivity contribution in [3.05, 3.63) is 29.8 Å². The van der Waals surface area contributed by atoms with Crippen molar-refractivity contribution in [1.29, 1.82) is 0 Å². The lowest BCUT2D eigenvalue weighted by molar-refractivity contribution is -0.146. The van der Waals surface area contributed by atoms with E-state index in [1.165, 1.54) is 4.90 Å². The van der Waals surface area contributed by atoms with E-state index in [0.717, 1.165) is 17.9 Å². The first-order chi connectivity index (χ1) is 9.96. The zero-order valence-electron chi connectivity index (χ0n) is 12.5. The molecule has 3 nitrogen and oxygen atoms in total. The molecule has 0 radical (unpaired) electrons. The van der Waals surface area contributed by atoms with Crippen LogP contribution in [0.4, 0.5) is 13.2 Å². The lowest BCUT2D eigenvalue weighted by atomic mass is 10.2. The van der Waals surface area contributed by atoms with Crippen LogP contribution in [-0.2, 0) is 6.54 Å². The molecule has 0 aliphatic heterocycles. The number of benzene rings is 1. The summed E-state index contributed by atoms with van der Waals surface area (Å²) in [4.78, 5) is 1.33. The molecule has 21 heavy (non-hydrogen) atoms. The normalized spacial score (nSPS) is 11.9. The smallest absolute Gasteiger partial charge is 0.401 e. The first kappa shape index (κ1) is 17.8. The molecule has 0 aromatic heterocycles. The zero-order valence-corrected chi connectivity index (χ0v) is 12.5. The van der Waals surface area contributed by atoms with Gasteiger partial charge in [-0.25, -0.2) is 0 Å². The summed E-state index contributed by atoms with van der Waals surface area (Å²) in [5, 5.41) is 3.21. The van der Waals surface area contributed by atoms with Crippen molar-refractivity contribution in [2.24, 2.45) is 0 Å². The van der Waals surface area contributed by atoms with Gasteiger partial charge in [-0.15, -0.1) is 0 Å². The number of nitrogens with one attached hydrogen (secondary N) is 1. The molecule has 1 rings (SSSR count). The zero-order chi connectivity index (χ0) is 15.7. The lowest BCUT2D eigenvalue weighted by Gasteiger charge is -2.22. The van der Waals surface area contributed by atoms with Crippen molar-refractivity contribution >= 4 is 0 Å². The fourth-order valence-corrected chi connectivity index (χ4v) is 1.94. The van der Waals surface area contributed by atoms with E-state index < -0.39 is 12.7 Å². The quantitative estimate of drug-likeness (QED) is 0.759. The molecule has 0 atom stereocenters. The Balaban J connectivity index is 2.47. The first-order valence-corrected chi connectivity index (χ1v) is 7.16. The summed E-state index contributed by atoms with van der Waals surface area (Å²) >= 11 is 0. The van der Waals surface area contributed by atoms with E-state index in [1.54, 1.807) is 6.92 Å². The van der Waals surface area contributed by atoms with Crippen LogP contribution in [0, 0.1) is 0 Å². The van der Waals surface area contributed by atoms with Gasteiger partial charge in [-0.2, -0.15) is 13.2 Å². The van der Waals surface area contributed by atoms with Crippen LogP contribution in [0.25, 0.3) is 0 Å². The highest BCUT2D eigenvalue weighted by Gasteiger charge is 2.29. The highest BCUT2D eigenvalue weighted by atomic mass is 19.4. The second kappa shape index (κ2) is 8.89. The SMILES string of the molecule is CCNCc1ccccc1OCCN(CC)CC(F)(F)F. The van der Waals surface area contributed by atoms with Gasteiger partial charge in [-0.05, 0) is 19.2 Å². The fourth-order valence-electron chi connectivity index (χ4n) is 1.94. The molecule has 0 heterocycles. The van der Waals surface area contributed by atoms with Gasteiger partial charge in [-0.3, -0.25) is 4.90 Å². The fraction of sp³-hybridized carbons (Fsp3) is 0.600. The van der Waals surface area contributed by atoms with E-state index in [1.807, 2.05) is 31.2 Å². The van der Waals surface area contributed by atoms with E-state index in [2.05, 4.69) is 5.32 Å². The summed E-state index contributed by atoms with van der Waals surface area (Å²) in [6, 6.07) is 7.57. The van der Waals surface area contributed by atoms with Gasteiger partial charge in [0.1, 0.15) is 12.4 Å². The Morgan fingerprint density at radius 2 is 1.90 bits per heavy atom. The highest BCUT2D eigenvalue weighted by Crippen LogP contribution is 2.18.